The van der Waals surface area contributed by atoms with Gasteiger partial charge in [0.25, 0.3) is 0 Å². The molecule has 0 aliphatic carbocycles. The van der Waals surface area contributed by atoms with E-state index in [9.17, 15) is 4.79 Å². The van der Waals surface area contributed by atoms with E-state index in [0.29, 0.717) is 12.3 Å². The van der Waals surface area contributed by atoms with Crippen LogP contribution in [0.5, 0.6) is 5.75 Å². The molecule has 2 heterocycles. The molecule has 0 spiro atoms. The first kappa shape index (κ1) is 13.5. The van der Waals surface area contributed by atoms with Gasteiger partial charge in [-0.15, -0.1) is 23.1 Å². The third-order valence-corrected chi connectivity index (χ3v) is 5.58. The van der Waals surface area contributed by atoms with Gasteiger partial charge >= 0.3 is 0 Å². The standard InChI is InChI=1S/C15H15NO2S2/c1-18-12-6-4-11(5-7-12)9-16-14(17)10-20-15(16)13-3-2-8-19-13/h2-8,15H,9-10H2,1H3/t15-/m0/s1. The molecule has 20 heavy (non-hydrogen) atoms. The predicted octanol–water partition coefficient (Wildman–Crippen LogP) is 3.53. The minimum atomic E-state index is 0.157. The minimum Gasteiger partial charge on any atom is -0.497 e. The normalized spacial score (nSPS) is 18.6. The number of thioether (sulfide) groups is 1. The van der Waals surface area contributed by atoms with Crippen LogP contribution in [0.4, 0.5) is 0 Å². The lowest BCUT2D eigenvalue weighted by molar-refractivity contribution is -0.128. The van der Waals surface area contributed by atoms with E-state index in [0.717, 1.165) is 11.3 Å². The van der Waals surface area contributed by atoms with Gasteiger partial charge in [0, 0.05) is 11.4 Å². The number of thiophene rings is 1. The number of carbonyl (C=O) groups is 1. The number of hydrogen-bond acceptors (Lipinski definition) is 4. The Morgan fingerprint density at radius 3 is 2.75 bits per heavy atom. The van der Waals surface area contributed by atoms with Crippen molar-refractivity contribution in [2.75, 3.05) is 12.9 Å². The Morgan fingerprint density at radius 2 is 2.10 bits per heavy atom. The quantitative estimate of drug-likeness (QED) is 0.865. The summed E-state index contributed by atoms with van der Waals surface area (Å²) in [6, 6.07) is 12.0. The van der Waals surface area contributed by atoms with E-state index in [1.807, 2.05) is 35.2 Å². The molecule has 0 unspecified atom stereocenters. The second-order valence-corrected chi connectivity index (χ2v) is 6.60. The average molecular weight is 305 g/mol. The molecule has 0 radical (unpaired) electrons. The van der Waals surface area contributed by atoms with E-state index >= 15 is 0 Å². The molecular weight excluding hydrogens is 290 g/mol. The first-order valence-corrected chi connectivity index (χ1v) is 8.28. The molecule has 3 rings (SSSR count). The van der Waals surface area contributed by atoms with Crippen LogP contribution in [0.25, 0.3) is 0 Å². The van der Waals surface area contributed by atoms with Crippen molar-refractivity contribution in [3.05, 3.63) is 52.2 Å². The molecule has 0 bridgehead atoms. The SMILES string of the molecule is COc1ccc(CN2C(=O)CS[C@H]2c2cccs2)cc1. The van der Waals surface area contributed by atoms with Gasteiger partial charge in [-0.05, 0) is 29.1 Å². The molecule has 1 aromatic carbocycles. The average Bonchev–Trinajstić information content (AvgIpc) is 3.11. The maximum Gasteiger partial charge on any atom is 0.234 e. The van der Waals surface area contributed by atoms with Crippen LogP contribution in [0, 0.1) is 0 Å². The maximum absolute atomic E-state index is 12.1. The van der Waals surface area contributed by atoms with Crippen LogP contribution in [-0.2, 0) is 11.3 Å². The number of nitrogens with zero attached hydrogens (tertiary/aromatic N) is 1. The van der Waals surface area contributed by atoms with E-state index in [1.54, 1.807) is 30.2 Å². The van der Waals surface area contributed by atoms with E-state index < -0.39 is 0 Å². The molecule has 1 aromatic heterocycles. The lowest BCUT2D eigenvalue weighted by Gasteiger charge is -2.23. The number of benzene rings is 1. The minimum absolute atomic E-state index is 0.157. The fourth-order valence-corrected chi connectivity index (χ4v) is 4.39. The van der Waals surface area contributed by atoms with Crippen molar-refractivity contribution in [2.24, 2.45) is 0 Å². The third-order valence-electron chi connectivity index (χ3n) is 3.27. The van der Waals surface area contributed by atoms with Crippen molar-refractivity contribution in [3.8, 4) is 5.75 Å². The zero-order chi connectivity index (χ0) is 13.9. The summed E-state index contributed by atoms with van der Waals surface area (Å²) in [5.74, 6) is 1.62. The topological polar surface area (TPSA) is 29.5 Å². The fraction of sp³-hybridized carbons (Fsp3) is 0.267. The Morgan fingerprint density at radius 1 is 1.30 bits per heavy atom. The zero-order valence-electron chi connectivity index (χ0n) is 11.1. The summed E-state index contributed by atoms with van der Waals surface area (Å²) in [7, 11) is 1.66. The van der Waals surface area contributed by atoms with Gasteiger partial charge in [0.1, 0.15) is 11.1 Å². The van der Waals surface area contributed by atoms with Crippen LogP contribution in [0.2, 0.25) is 0 Å². The van der Waals surface area contributed by atoms with E-state index in [-0.39, 0.29) is 11.3 Å². The van der Waals surface area contributed by atoms with Crippen molar-refractivity contribution in [2.45, 2.75) is 11.9 Å². The van der Waals surface area contributed by atoms with Gasteiger partial charge in [0.15, 0.2) is 0 Å². The van der Waals surface area contributed by atoms with E-state index in [4.69, 9.17) is 4.74 Å². The molecule has 3 nitrogen and oxygen atoms in total. The number of carbonyl (C=O) groups excluding carboxylic acids is 1. The lowest BCUT2D eigenvalue weighted by Crippen LogP contribution is -2.27. The number of ether oxygens (including phenoxy) is 1. The van der Waals surface area contributed by atoms with Gasteiger partial charge < -0.3 is 9.64 Å². The van der Waals surface area contributed by atoms with Crippen molar-refractivity contribution in [1.82, 2.24) is 4.90 Å². The summed E-state index contributed by atoms with van der Waals surface area (Å²) in [6.07, 6.45) is 0. The predicted molar refractivity (Wildman–Crippen MR) is 83.1 cm³/mol. The lowest BCUT2D eigenvalue weighted by atomic mass is 10.2. The number of amides is 1. The highest BCUT2D eigenvalue weighted by molar-refractivity contribution is 8.00. The van der Waals surface area contributed by atoms with Crippen LogP contribution in [-0.4, -0.2) is 23.7 Å². The Labute approximate surface area is 126 Å². The summed E-state index contributed by atoms with van der Waals surface area (Å²) < 4.78 is 5.16. The van der Waals surface area contributed by atoms with Gasteiger partial charge in [0.2, 0.25) is 5.91 Å². The Kier molecular flexibility index (Phi) is 3.98. The molecule has 5 heteroatoms. The monoisotopic (exact) mass is 305 g/mol. The highest BCUT2D eigenvalue weighted by atomic mass is 32.2. The second-order valence-electron chi connectivity index (χ2n) is 4.55. The van der Waals surface area contributed by atoms with Gasteiger partial charge in [-0.1, -0.05) is 18.2 Å². The summed E-state index contributed by atoms with van der Waals surface area (Å²) in [6.45, 7) is 0.651. The first-order chi connectivity index (χ1) is 9.78. The Balaban J connectivity index is 1.78. The van der Waals surface area contributed by atoms with Crippen molar-refractivity contribution >= 4 is 29.0 Å². The summed E-state index contributed by atoms with van der Waals surface area (Å²) in [5.41, 5.74) is 1.13. The van der Waals surface area contributed by atoms with Crippen LogP contribution < -0.4 is 4.74 Å². The van der Waals surface area contributed by atoms with Crippen LogP contribution in [0.15, 0.2) is 41.8 Å². The molecule has 1 atom stereocenters. The number of hydrogen-bond donors (Lipinski definition) is 0. The molecule has 1 amide bonds. The van der Waals surface area contributed by atoms with Gasteiger partial charge in [-0.2, -0.15) is 0 Å². The Bertz CT molecular complexity index is 580. The molecule has 104 valence electrons. The maximum atomic E-state index is 12.1. The first-order valence-electron chi connectivity index (χ1n) is 6.35. The number of methoxy groups -OCH3 is 1. The molecular formula is C15H15NO2S2. The van der Waals surface area contributed by atoms with E-state index in [1.165, 1.54) is 4.88 Å². The van der Waals surface area contributed by atoms with Crippen molar-refractivity contribution in [3.63, 3.8) is 0 Å². The molecule has 1 fully saturated rings. The molecule has 0 saturated carbocycles. The highest BCUT2D eigenvalue weighted by Gasteiger charge is 2.33. The van der Waals surface area contributed by atoms with Crippen LogP contribution >= 0.6 is 23.1 Å². The smallest absolute Gasteiger partial charge is 0.234 e. The second kappa shape index (κ2) is 5.89. The zero-order valence-corrected chi connectivity index (χ0v) is 12.7. The Hall–Kier alpha value is -1.46. The van der Waals surface area contributed by atoms with Gasteiger partial charge in [0.05, 0.1) is 12.9 Å². The molecule has 2 aromatic rings. The largest absolute Gasteiger partial charge is 0.497 e. The molecule has 0 N–H and O–H groups in total. The molecule has 1 saturated heterocycles. The highest BCUT2D eigenvalue weighted by Crippen LogP contribution is 2.41. The van der Waals surface area contributed by atoms with Crippen molar-refractivity contribution in [1.29, 1.82) is 0 Å². The third kappa shape index (κ3) is 2.69. The number of rotatable bonds is 4. The molecule has 1 aliphatic heterocycles. The van der Waals surface area contributed by atoms with E-state index in [2.05, 4.69) is 11.4 Å². The van der Waals surface area contributed by atoms with Gasteiger partial charge in [-0.3, -0.25) is 4.79 Å². The van der Waals surface area contributed by atoms with Gasteiger partial charge in [-0.25, -0.2) is 0 Å². The summed E-state index contributed by atoms with van der Waals surface area (Å²) in [4.78, 5) is 15.3. The molecule has 1 aliphatic rings. The summed E-state index contributed by atoms with van der Waals surface area (Å²) in [5, 5.41) is 2.22. The van der Waals surface area contributed by atoms with Crippen LogP contribution in [0.1, 0.15) is 15.8 Å². The van der Waals surface area contributed by atoms with Crippen molar-refractivity contribution < 1.29 is 9.53 Å². The van der Waals surface area contributed by atoms with Crippen LogP contribution in [0.3, 0.4) is 0 Å². The fourth-order valence-electron chi connectivity index (χ4n) is 2.22. The summed E-state index contributed by atoms with van der Waals surface area (Å²) >= 11 is 3.41.